The monoisotopic (exact) mass is 566 g/mol. The molecule has 2 aromatic rings. The molecule has 0 unspecified atom stereocenters. The fraction of sp³-hybridized carbons (Fsp3) is 0.630. The minimum absolute atomic E-state index is 0.0390. The molecular weight excluding hydrogens is 524 g/mol. The molecule has 1 aromatic heterocycles. The van der Waals surface area contributed by atoms with Gasteiger partial charge in [-0.2, -0.15) is 0 Å². The molecule has 3 N–H and O–H groups in total. The summed E-state index contributed by atoms with van der Waals surface area (Å²) in [6.45, 7) is 10.1. The third kappa shape index (κ3) is 7.71. The van der Waals surface area contributed by atoms with Crippen LogP contribution in [0.25, 0.3) is 0 Å². The van der Waals surface area contributed by atoms with Gasteiger partial charge in [-0.3, -0.25) is 9.52 Å². The number of carbonyl (C=O) groups is 1. The number of nitrogens with zero attached hydrogens (tertiary/aromatic N) is 2. The second kappa shape index (κ2) is 13.6. The Kier molecular flexibility index (Phi) is 10.8. The van der Waals surface area contributed by atoms with Gasteiger partial charge in [0.2, 0.25) is 0 Å². The van der Waals surface area contributed by atoms with Crippen LogP contribution in [0, 0.1) is 19.8 Å². The maximum Gasteiger partial charge on any atom is 0.267 e. The Bertz CT molecular complexity index is 1200. The fourth-order valence-electron chi connectivity index (χ4n) is 4.74. The highest BCUT2D eigenvalue weighted by atomic mass is 32.2. The molecule has 1 amide bonds. The van der Waals surface area contributed by atoms with Crippen LogP contribution in [0.3, 0.4) is 0 Å². The first kappa shape index (κ1) is 30.9. The van der Waals surface area contributed by atoms with Crippen LogP contribution >= 0.6 is 0 Å². The Morgan fingerprint density at radius 3 is 2.62 bits per heavy atom. The number of fused-ring (bicyclic) bond motifs is 1. The van der Waals surface area contributed by atoms with Gasteiger partial charge in [-0.15, -0.1) is 0 Å². The number of aliphatic hydroxyl groups excluding tert-OH is 1. The van der Waals surface area contributed by atoms with Gasteiger partial charge in [0.05, 0.1) is 30.4 Å². The van der Waals surface area contributed by atoms with Crippen LogP contribution in [0.5, 0.6) is 5.75 Å². The summed E-state index contributed by atoms with van der Waals surface area (Å²) in [4.78, 5) is 15.6. The van der Waals surface area contributed by atoms with Crippen LogP contribution in [0.1, 0.15) is 61.8 Å². The highest BCUT2D eigenvalue weighted by molar-refractivity contribution is 7.92. The molecule has 12 heteroatoms. The zero-order valence-corrected chi connectivity index (χ0v) is 24.5. The summed E-state index contributed by atoms with van der Waals surface area (Å²) in [5.41, 5.74) is 0.638. The summed E-state index contributed by atoms with van der Waals surface area (Å²) >= 11 is 0. The fourth-order valence-corrected chi connectivity index (χ4v) is 6.12. The van der Waals surface area contributed by atoms with Crippen molar-refractivity contribution in [2.75, 3.05) is 38.1 Å². The van der Waals surface area contributed by atoms with Crippen molar-refractivity contribution in [3.05, 3.63) is 35.2 Å². The predicted molar refractivity (Wildman–Crippen MR) is 148 cm³/mol. The molecule has 0 saturated heterocycles. The number of aromatic nitrogens is 1. The molecule has 39 heavy (non-hydrogen) atoms. The van der Waals surface area contributed by atoms with Gasteiger partial charge in [0.1, 0.15) is 11.4 Å². The molecule has 0 radical (unpaired) electrons. The molecule has 4 atom stereocenters. The Morgan fingerprint density at radius 1 is 1.23 bits per heavy atom. The first-order valence-electron chi connectivity index (χ1n) is 13.4. The molecule has 0 aliphatic carbocycles. The van der Waals surface area contributed by atoms with E-state index in [0.717, 1.165) is 19.3 Å². The van der Waals surface area contributed by atoms with E-state index in [9.17, 15) is 18.3 Å². The minimum Gasteiger partial charge on any atom is -0.490 e. The van der Waals surface area contributed by atoms with Gasteiger partial charge in [-0.25, -0.2) is 8.42 Å². The van der Waals surface area contributed by atoms with E-state index in [2.05, 4.69) is 15.2 Å². The average molecular weight is 567 g/mol. The molecular formula is C27H42N4O7S. The SMILES string of the molecule is CNC[C@H]1OCCCC[C@@H](C)Oc2ccc(NS(=O)(=O)c3c(C)noc3C)cc2C(=O)N([C@H](C)CO)C[C@@H]1C. The number of amides is 1. The number of hydrogen-bond donors (Lipinski definition) is 3. The van der Waals surface area contributed by atoms with Crippen LogP contribution in [0.15, 0.2) is 27.6 Å². The number of anilines is 1. The number of carbonyl (C=O) groups excluding carboxylic acids is 1. The Hall–Kier alpha value is -2.67. The highest BCUT2D eigenvalue weighted by Crippen LogP contribution is 2.30. The van der Waals surface area contributed by atoms with E-state index >= 15 is 0 Å². The van der Waals surface area contributed by atoms with Crippen molar-refractivity contribution < 1.29 is 32.3 Å². The van der Waals surface area contributed by atoms with Gasteiger partial charge in [0.25, 0.3) is 15.9 Å². The van der Waals surface area contributed by atoms with Crippen LogP contribution in [-0.2, 0) is 14.8 Å². The minimum atomic E-state index is -4.03. The lowest BCUT2D eigenvalue weighted by atomic mass is 10.0. The molecule has 218 valence electrons. The van der Waals surface area contributed by atoms with Gasteiger partial charge < -0.3 is 29.3 Å². The number of benzene rings is 1. The van der Waals surface area contributed by atoms with E-state index in [1.807, 2.05) is 20.9 Å². The third-order valence-electron chi connectivity index (χ3n) is 6.95. The standard InChI is InChI=1S/C27H42N4O7S/c1-17-15-31(18(2)16-32)27(33)23-13-22(30-39(34,35)26-20(4)29-38-21(26)5)10-11-24(23)37-19(3)9-7-8-12-36-25(17)14-28-6/h10-11,13,17-19,25,28,30,32H,7-9,12,14-16H2,1-6H3/t17-,18+,19+,25+/m0/s1. The number of hydrogen-bond acceptors (Lipinski definition) is 9. The van der Waals surface area contributed by atoms with Crippen LogP contribution in [0.2, 0.25) is 0 Å². The van der Waals surface area contributed by atoms with E-state index in [1.54, 1.807) is 30.9 Å². The van der Waals surface area contributed by atoms with Gasteiger partial charge in [-0.05, 0) is 72.2 Å². The van der Waals surface area contributed by atoms with Crippen LogP contribution in [0.4, 0.5) is 5.69 Å². The van der Waals surface area contributed by atoms with Gasteiger partial charge in [0.15, 0.2) is 10.7 Å². The summed E-state index contributed by atoms with van der Waals surface area (Å²) in [5, 5.41) is 16.9. The lowest BCUT2D eigenvalue weighted by Gasteiger charge is -2.34. The molecule has 11 nitrogen and oxygen atoms in total. The average Bonchev–Trinajstić information content (AvgIpc) is 3.24. The van der Waals surface area contributed by atoms with Crippen molar-refractivity contribution in [2.45, 2.75) is 77.0 Å². The molecule has 1 aliphatic heterocycles. The number of likely N-dealkylation sites (N-methyl/N-ethyl adjacent to an activating group) is 1. The zero-order chi connectivity index (χ0) is 28.7. The zero-order valence-electron chi connectivity index (χ0n) is 23.7. The topological polar surface area (TPSA) is 143 Å². The lowest BCUT2D eigenvalue weighted by Crippen LogP contribution is -2.47. The van der Waals surface area contributed by atoms with Crippen LogP contribution < -0.4 is 14.8 Å². The number of ether oxygens (including phenoxy) is 2. The highest BCUT2D eigenvalue weighted by Gasteiger charge is 2.30. The van der Waals surface area contributed by atoms with Crippen molar-refractivity contribution in [2.24, 2.45) is 5.92 Å². The first-order valence-corrected chi connectivity index (χ1v) is 14.9. The normalized spacial score (nSPS) is 22.5. The molecule has 1 aromatic carbocycles. The Labute approximate surface area is 231 Å². The molecule has 0 bridgehead atoms. The van der Waals surface area contributed by atoms with Crippen LogP contribution in [-0.4, -0.2) is 81.1 Å². The predicted octanol–water partition coefficient (Wildman–Crippen LogP) is 3.11. The van der Waals surface area contributed by atoms with E-state index in [0.29, 0.717) is 25.4 Å². The molecule has 0 saturated carbocycles. The van der Waals surface area contributed by atoms with Gasteiger partial charge >= 0.3 is 0 Å². The number of aliphatic hydroxyl groups is 1. The maximum atomic E-state index is 14.1. The van der Waals surface area contributed by atoms with Crippen molar-refractivity contribution >= 4 is 21.6 Å². The van der Waals surface area contributed by atoms with E-state index < -0.39 is 16.1 Å². The van der Waals surface area contributed by atoms with Crippen molar-refractivity contribution in [3.63, 3.8) is 0 Å². The summed E-state index contributed by atoms with van der Waals surface area (Å²) in [5.74, 6) is 0.115. The second-order valence-electron chi connectivity index (χ2n) is 10.3. The van der Waals surface area contributed by atoms with Crippen molar-refractivity contribution in [1.29, 1.82) is 0 Å². The van der Waals surface area contributed by atoms with E-state index in [4.69, 9.17) is 14.0 Å². The lowest BCUT2D eigenvalue weighted by molar-refractivity contribution is -0.000450. The quantitative estimate of drug-likeness (QED) is 0.461. The molecule has 3 rings (SSSR count). The van der Waals surface area contributed by atoms with Crippen molar-refractivity contribution in [3.8, 4) is 5.75 Å². The van der Waals surface area contributed by atoms with E-state index in [-0.39, 0.29) is 58.2 Å². The number of sulfonamides is 1. The van der Waals surface area contributed by atoms with Gasteiger partial charge in [0, 0.05) is 31.3 Å². The first-order chi connectivity index (χ1) is 18.5. The molecule has 2 heterocycles. The number of aryl methyl sites for hydroxylation is 2. The second-order valence-corrected chi connectivity index (χ2v) is 11.9. The van der Waals surface area contributed by atoms with Gasteiger partial charge in [-0.1, -0.05) is 12.1 Å². The maximum absolute atomic E-state index is 14.1. The largest absolute Gasteiger partial charge is 0.490 e. The smallest absolute Gasteiger partial charge is 0.267 e. The molecule has 1 aliphatic rings. The summed E-state index contributed by atoms with van der Waals surface area (Å²) < 4.78 is 46.3. The summed E-state index contributed by atoms with van der Waals surface area (Å²) in [6, 6.07) is 4.17. The summed E-state index contributed by atoms with van der Waals surface area (Å²) in [6.07, 6.45) is 2.24. The Balaban J connectivity index is 2.04. The number of nitrogens with one attached hydrogen (secondary N) is 2. The third-order valence-corrected chi connectivity index (χ3v) is 8.57. The van der Waals surface area contributed by atoms with Crippen molar-refractivity contribution in [1.82, 2.24) is 15.4 Å². The Morgan fingerprint density at radius 2 is 1.97 bits per heavy atom. The summed E-state index contributed by atoms with van der Waals surface area (Å²) in [7, 11) is -2.17. The molecule has 0 spiro atoms. The molecule has 0 fully saturated rings. The number of rotatable bonds is 7. The van der Waals surface area contributed by atoms with E-state index in [1.165, 1.54) is 13.0 Å².